The van der Waals surface area contributed by atoms with Gasteiger partial charge in [-0.2, -0.15) is 0 Å². The molecule has 0 unspecified atom stereocenters. The lowest BCUT2D eigenvalue weighted by atomic mass is 9.98. The van der Waals surface area contributed by atoms with Crippen molar-refractivity contribution in [3.8, 4) is 11.1 Å². The van der Waals surface area contributed by atoms with E-state index in [1.807, 2.05) is 36.4 Å². The van der Waals surface area contributed by atoms with Crippen LogP contribution in [0.3, 0.4) is 0 Å². The fraction of sp³-hybridized carbons (Fsp3) is 0.278. The second-order valence-electron chi connectivity index (χ2n) is 6.08. The van der Waals surface area contributed by atoms with E-state index in [2.05, 4.69) is 17.4 Å². The SMILES string of the molecule is C[C@@H](CS(=O)(=O)Cl)NC(=O)OCC1c2ccccc2-c2ccccc21. The standard InChI is InChI=1S/C18H18ClNO4S/c1-12(11-25(19,22)23)20-18(21)24-10-17-15-8-4-2-6-13(15)14-7-3-5-9-16(14)17/h2-9,12,17H,10-11H2,1H3,(H,20,21)/t12-/m0/s1. The van der Waals surface area contributed by atoms with Gasteiger partial charge in [-0.1, -0.05) is 48.5 Å². The lowest BCUT2D eigenvalue weighted by Crippen LogP contribution is -2.37. The third kappa shape index (κ3) is 4.14. The topological polar surface area (TPSA) is 72.5 Å². The van der Waals surface area contributed by atoms with Crippen LogP contribution in [0.1, 0.15) is 24.0 Å². The number of carbonyl (C=O) groups is 1. The second-order valence-corrected chi connectivity index (χ2v) is 8.90. The summed E-state index contributed by atoms with van der Waals surface area (Å²) < 4.78 is 27.4. The van der Waals surface area contributed by atoms with Crippen molar-refractivity contribution in [2.45, 2.75) is 18.9 Å². The first kappa shape index (κ1) is 17.8. The molecule has 5 nitrogen and oxygen atoms in total. The molecule has 1 amide bonds. The molecule has 0 saturated heterocycles. The van der Waals surface area contributed by atoms with E-state index in [0.717, 1.165) is 22.3 Å². The van der Waals surface area contributed by atoms with Crippen LogP contribution in [0.5, 0.6) is 0 Å². The summed E-state index contributed by atoms with van der Waals surface area (Å²) in [6, 6.07) is 15.4. The lowest BCUT2D eigenvalue weighted by molar-refractivity contribution is 0.140. The summed E-state index contributed by atoms with van der Waals surface area (Å²) in [5.41, 5.74) is 4.53. The number of nitrogens with one attached hydrogen (secondary N) is 1. The van der Waals surface area contributed by atoms with E-state index in [0.29, 0.717) is 0 Å². The first-order valence-corrected chi connectivity index (χ1v) is 10.4. The van der Waals surface area contributed by atoms with E-state index in [4.69, 9.17) is 15.4 Å². The molecule has 132 valence electrons. The van der Waals surface area contributed by atoms with Crippen molar-refractivity contribution >= 4 is 25.8 Å². The van der Waals surface area contributed by atoms with Crippen LogP contribution in [0.25, 0.3) is 11.1 Å². The highest BCUT2D eigenvalue weighted by molar-refractivity contribution is 8.13. The van der Waals surface area contributed by atoms with E-state index in [-0.39, 0.29) is 18.3 Å². The van der Waals surface area contributed by atoms with Gasteiger partial charge in [-0.25, -0.2) is 13.2 Å². The summed E-state index contributed by atoms with van der Waals surface area (Å²) in [6.45, 7) is 1.74. The van der Waals surface area contributed by atoms with Crippen LogP contribution in [0.15, 0.2) is 48.5 Å². The van der Waals surface area contributed by atoms with E-state index in [1.165, 1.54) is 0 Å². The Balaban J connectivity index is 1.68. The molecule has 1 N–H and O–H groups in total. The Morgan fingerprint density at radius 2 is 1.64 bits per heavy atom. The van der Waals surface area contributed by atoms with Crippen LogP contribution < -0.4 is 5.32 Å². The Hall–Kier alpha value is -2.05. The van der Waals surface area contributed by atoms with Gasteiger partial charge in [-0.05, 0) is 29.2 Å². The number of alkyl carbamates (subject to hydrolysis) is 1. The van der Waals surface area contributed by atoms with Crippen LogP contribution in [-0.2, 0) is 13.8 Å². The molecular formula is C18H18ClNO4S. The normalized spacial score (nSPS) is 14.5. The summed E-state index contributed by atoms with van der Waals surface area (Å²) in [7, 11) is 1.51. The van der Waals surface area contributed by atoms with Crippen molar-refractivity contribution in [1.29, 1.82) is 0 Å². The first-order chi connectivity index (χ1) is 11.8. The third-order valence-corrected chi connectivity index (χ3v) is 5.43. The number of halogens is 1. The molecule has 2 aromatic rings. The number of fused-ring (bicyclic) bond motifs is 3. The molecule has 0 radical (unpaired) electrons. The van der Waals surface area contributed by atoms with Crippen LogP contribution in [-0.4, -0.2) is 32.9 Å². The highest BCUT2D eigenvalue weighted by Gasteiger charge is 2.29. The lowest BCUT2D eigenvalue weighted by Gasteiger charge is -2.16. The fourth-order valence-electron chi connectivity index (χ4n) is 3.18. The summed E-state index contributed by atoms with van der Waals surface area (Å²) in [4.78, 5) is 11.9. The fourth-order valence-corrected chi connectivity index (χ4v) is 4.43. The van der Waals surface area contributed by atoms with Crippen LogP contribution in [0, 0.1) is 0 Å². The molecule has 1 aliphatic carbocycles. The van der Waals surface area contributed by atoms with Crippen molar-refractivity contribution in [3.05, 3.63) is 59.7 Å². The molecule has 0 heterocycles. The maximum atomic E-state index is 11.9. The molecular weight excluding hydrogens is 362 g/mol. The quantitative estimate of drug-likeness (QED) is 0.807. The number of hydrogen-bond donors (Lipinski definition) is 1. The predicted molar refractivity (Wildman–Crippen MR) is 97.3 cm³/mol. The monoisotopic (exact) mass is 379 g/mol. The van der Waals surface area contributed by atoms with E-state index in [9.17, 15) is 13.2 Å². The van der Waals surface area contributed by atoms with Gasteiger partial charge < -0.3 is 10.1 Å². The third-order valence-electron chi connectivity index (χ3n) is 4.16. The molecule has 0 saturated carbocycles. The van der Waals surface area contributed by atoms with Crippen molar-refractivity contribution in [1.82, 2.24) is 5.32 Å². The zero-order valence-electron chi connectivity index (χ0n) is 13.6. The van der Waals surface area contributed by atoms with E-state index >= 15 is 0 Å². The average Bonchev–Trinajstić information content (AvgIpc) is 2.85. The molecule has 0 bridgehead atoms. The van der Waals surface area contributed by atoms with Gasteiger partial charge >= 0.3 is 6.09 Å². The largest absolute Gasteiger partial charge is 0.449 e. The summed E-state index contributed by atoms with van der Waals surface area (Å²) in [5, 5.41) is 2.48. The minimum Gasteiger partial charge on any atom is -0.449 e. The number of hydrogen-bond acceptors (Lipinski definition) is 4. The zero-order chi connectivity index (χ0) is 18.0. The van der Waals surface area contributed by atoms with Crippen molar-refractivity contribution in [2.75, 3.05) is 12.4 Å². The molecule has 3 rings (SSSR count). The molecule has 1 atom stereocenters. The van der Waals surface area contributed by atoms with Gasteiger partial charge in [0, 0.05) is 22.6 Å². The predicted octanol–water partition coefficient (Wildman–Crippen LogP) is 3.48. The Kier molecular flexibility index (Phi) is 5.01. The Labute approximate surface area is 151 Å². The molecule has 1 aliphatic rings. The molecule has 7 heteroatoms. The van der Waals surface area contributed by atoms with Gasteiger partial charge in [0.25, 0.3) is 0 Å². The molecule has 0 aromatic heterocycles. The molecule has 0 spiro atoms. The zero-order valence-corrected chi connectivity index (χ0v) is 15.2. The van der Waals surface area contributed by atoms with Crippen LogP contribution >= 0.6 is 10.7 Å². The van der Waals surface area contributed by atoms with Gasteiger partial charge in [0.1, 0.15) is 6.61 Å². The minimum absolute atomic E-state index is 0.0368. The molecule has 0 aliphatic heterocycles. The van der Waals surface area contributed by atoms with Crippen LogP contribution in [0.2, 0.25) is 0 Å². The van der Waals surface area contributed by atoms with Gasteiger partial charge in [0.15, 0.2) is 0 Å². The Morgan fingerprint density at radius 3 is 2.16 bits per heavy atom. The second kappa shape index (κ2) is 7.06. The molecule has 25 heavy (non-hydrogen) atoms. The van der Waals surface area contributed by atoms with Crippen molar-refractivity contribution < 1.29 is 17.9 Å². The maximum Gasteiger partial charge on any atom is 0.407 e. The minimum atomic E-state index is -3.68. The van der Waals surface area contributed by atoms with Gasteiger partial charge in [0.05, 0.1) is 5.75 Å². The average molecular weight is 380 g/mol. The highest BCUT2D eigenvalue weighted by atomic mass is 35.7. The van der Waals surface area contributed by atoms with Gasteiger partial charge in [-0.15, -0.1) is 0 Å². The van der Waals surface area contributed by atoms with E-state index in [1.54, 1.807) is 6.92 Å². The molecule has 0 fully saturated rings. The number of benzene rings is 2. The van der Waals surface area contributed by atoms with Gasteiger partial charge in [0.2, 0.25) is 9.05 Å². The first-order valence-electron chi connectivity index (χ1n) is 7.89. The van der Waals surface area contributed by atoms with Gasteiger partial charge in [-0.3, -0.25) is 0 Å². The Morgan fingerprint density at radius 1 is 1.12 bits per heavy atom. The summed E-state index contributed by atoms with van der Waals surface area (Å²) in [5.74, 6) is -0.385. The number of carbonyl (C=O) groups excluding carboxylic acids is 1. The molecule has 2 aromatic carbocycles. The summed E-state index contributed by atoms with van der Waals surface area (Å²) >= 11 is 0. The smallest absolute Gasteiger partial charge is 0.407 e. The maximum absolute atomic E-state index is 11.9. The highest BCUT2D eigenvalue weighted by Crippen LogP contribution is 2.44. The van der Waals surface area contributed by atoms with Crippen LogP contribution in [0.4, 0.5) is 4.79 Å². The number of rotatable bonds is 5. The number of ether oxygens (including phenoxy) is 1. The summed E-state index contributed by atoms with van der Waals surface area (Å²) in [6.07, 6.45) is -0.658. The van der Waals surface area contributed by atoms with Crippen molar-refractivity contribution in [3.63, 3.8) is 0 Å². The Bertz CT molecular complexity index is 852. The van der Waals surface area contributed by atoms with Crippen molar-refractivity contribution in [2.24, 2.45) is 0 Å². The van der Waals surface area contributed by atoms with E-state index < -0.39 is 21.2 Å². The number of amides is 1.